The molecule has 2 rings (SSSR count). The third kappa shape index (κ3) is 3.37. The highest BCUT2D eigenvalue weighted by molar-refractivity contribution is 6.33. The van der Waals surface area contributed by atoms with Crippen LogP contribution in [-0.2, 0) is 4.74 Å². The Hall–Kier alpha value is -1.31. The number of halogens is 1. The molecule has 0 spiro atoms. The van der Waals surface area contributed by atoms with Gasteiger partial charge in [0.05, 0.1) is 29.8 Å². The van der Waals surface area contributed by atoms with Crippen molar-refractivity contribution in [2.45, 2.75) is 26.3 Å². The van der Waals surface area contributed by atoms with Crippen LogP contribution in [-0.4, -0.2) is 30.8 Å². The monoisotopic (exact) mass is 279 g/mol. The lowest BCUT2D eigenvalue weighted by Crippen LogP contribution is -2.46. The number of nitriles is 1. The van der Waals surface area contributed by atoms with Gasteiger partial charge in [0.1, 0.15) is 11.9 Å². The highest BCUT2D eigenvalue weighted by Crippen LogP contribution is 2.28. The van der Waals surface area contributed by atoms with E-state index < -0.39 is 0 Å². The Morgan fingerprint density at radius 1 is 1.63 bits per heavy atom. The van der Waals surface area contributed by atoms with E-state index in [1.54, 1.807) is 12.3 Å². The van der Waals surface area contributed by atoms with Crippen LogP contribution in [0.15, 0.2) is 12.3 Å². The maximum Gasteiger partial charge on any atom is 0.147 e. The molecular weight excluding hydrogens is 262 g/mol. The minimum Gasteiger partial charge on any atom is -0.377 e. The maximum absolute atomic E-state index is 8.85. The molecule has 0 aliphatic carbocycles. The van der Waals surface area contributed by atoms with Crippen LogP contribution in [0, 0.1) is 17.2 Å². The third-order valence-electron chi connectivity index (χ3n) is 3.19. The summed E-state index contributed by atoms with van der Waals surface area (Å²) in [4.78, 5) is 6.55. The SMILES string of the molecule is CC(C)C[C@@H]1COCCN1c1ncc(C#N)cc1Cl. The molecule has 0 unspecified atom stereocenters. The van der Waals surface area contributed by atoms with Gasteiger partial charge in [-0.15, -0.1) is 0 Å². The predicted octanol–water partition coefficient (Wildman–Crippen LogP) is 2.86. The summed E-state index contributed by atoms with van der Waals surface area (Å²) in [5, 5.41) is 9.39. The number of anilines is 1. The lowest BCUT2D eigenvalue weighted by atomic mass is 10.0. The lowest BCUT2D eigenvalue weighted by molar-refractivity contribution is 0.0873. The number of rotatable bonds is 3. The molecule has 1 saturated heterocycles. The van der Waals surface area contributed by atoms with E-state index in [-0.39, 0.29) is 0 Å². The van der Waals surface area contributed by atoms with Crippen LogP contribution < -0.4 is 4.90 Å². The number of hydrogen-bond acceptors (Lipinski definition) is 4. The fourth-order valence-electron chi connectivity index (χ4n) is 2.38. The summed E-state index contributed by atoms with van der Waals surface area (Å²) in [5.41, 5.74) is 0.488. The van der Waals surface area contributed by atoms with Crippen molar-refractivity contribution in [2.24, 2.45) is 5.92 Å². The van der Waals surface area contributed by atoms with Crippen LogP contribution in [0.1, 0.15) is 25.8 Å². The zero-order chi connectivity index (χ0) is 13.8. The third-order valence-corrected chi connectivity index (χ3v) is 3.47. The summed E-state index contributed by atoms with van der Waals surface area (Å²) in [6.45, 7) is 6.57. The molecule has 19 heavy (non-hydrogen) atoms. The Bertz CT molecular complexity index is 484. The smallest absolute Gasteiger partial charge is 0.147 e. The van der Waals surface area contributed by atoms with Crippen molar-refractivity contribution in [3.63, 3.8) is 0 Å². The summed E-state index contributed by atoms with van der Waals surface area (Å²) in [5.74, 6) is 1.35. The minimum atomic E-state index is 0.298. The lowest BCUT2D eigenvalue weighted by Gasteiger charge is -2.37. The molecule has 1 aliphatic heterocycles. The van der Waals surface area contributed by atoms with Gasteiger partial charge in [0.15, 0.2) is 0 Å². The number of aromatic nitrogens is 1. The summed E-state index contributed by atoms with van der Waals surface area (Å²) < 4.78 is 5.55. The van der Waals surface area contributed by atoms with Gasteiger partial charge in [-0.1, -0.05) is 25.4 Å². The zero-order valence-corrected chi connectivity index (χ0v) is 12.0. The van der Waals surface area contributed by atoms with Crippen LogP contribution in [0.5, 0.6) is 0 Å². The van der Waals surface area contributed by atoms with Crippen molar-refractivity contribution < 1.29 is 4.74 Å². The van der Waals surface area contributed by atoms with Crippen molar-refractivity contribution in [2.75, 3.05) is 24.7 Å². The van der Waals surface area contributed by atoms with Gasteiger partial charge in [-0.05, 0) is 18.4 Å². The summed E-state index contributed by atoms with van der Waals surface area (Å²) in [6, 6.07) is 4.02. The molecule has 0 saturated carbocycles. The van der Waals surface area contributed by atoms with Crippen molar-refractivity contribution in [1.82, 2.24) is 4.98 Å². The first-order valence-corrected chi connectivity index (χ1v) is 6.89. The summed E-state index contributed by atoms with van der Waals surface area (Å²) in [7, 11) is 0. The molecular formula is C14H18ClN3O. The van der Waals surface area contributed by atoms with Crippen LogP contribution in [0.2, 0.25) is 5.02 Å². The second kappa shape index (κ2) is 6.23. The van der Waals surface area contributed by atoms with Gasteiger partial charge in [0.2, 0.25) is 0 Å². The van der Waals surface area contributed by atoms with E-state index in [4.69, 9.17) is 21.6 Å². The Balaban J connectivity index is 2.24. The van der Waals surface area contributed by atoms with Crippen LogP contribution >= 0.6 is 11.6 Å². The first kappa shape index (κ1) is 14.1. The molecule has 0 radical (unpaired) electrons. The molecule has 1 fully saturated rings. The van der Waals surface area contributed by atoms with Gasteiger partial charge < -0.3 is 9.64 Å². The second-order valence-corrected chi connectivity index (χ2v) is 5.60. The van der Waals surface area contributed by atoms with Gasteiger partial charge in [0.25, 0.3) is 0 Å². The first-order chi connectivity index (χ1) is 9.11. The number of nitrogens with zero attached hydrogens (tertiary/aromatic N) is 3. The molecule has 1 aromatic rings. The van der Waals surface area contributed by atoms with Gasteiger partial charge in [0, 0.05) is 12.7 Å². The average Bonchev–Trinajstić information content (AvgIpc) is 2.39. The molecule has 2 heterocycles. The molecule has 1 aromatic heterocycles. The van der Waals surface area contributed by atoms with Crippen molar-refractivity contribution in [1.29, 1.82) is 5.26 Å². The first-order valence-electron chi connectivity index (χ1n) is 6.52. The van der Waals surface area contributed by atoms with Gasteiger partial charge >= 0.3 is 0 Å². The van der Waals surface area contributed by atoms with E-state index in [1.165, 1.54) is 0 Å². The van der Waals surface area contributed by atoms with Gasteiger partial charge in [-0.3, -0.25) is 0 Å². The van der Waals surface area contributed by atoms with Crippen LogP contribution in [0.4, 0.5) is 5.82 Å². The molecule has 1 aliphatic rings. The Morgan fingerprint density at radius 2 is 2.42 bits per heavy atom. The maximum atomic E-state index is 8.85. The average molecular weight is 280 g/mol. The topological polar surface area (TPSA) is 49.1 Å². The summed E-state index contributed by atoms with van der Waals surface area (Å²) >= 11 is 6.25. The molecule has 0 amide bonds. The highest BCUT2D eigenvalue weighted by atomic mass is 35.5. The van der Waals surface area contributed by atoms with Crippen molar-refractivity contribution in [3.8, 4) is 6.07 Å². The molecule has 0 N–H and O–H groups in total. The zero-order valence-electron chi connectivity index (χ0n) is 11.3. The van der Waals surface area contributed by atoms with E-state index in [0.29, 0.717) is 35.8 Å². The van der Waals surface area contributed by atoms with E-state index >= 15 is 0 Å². The molecule has 1 atom stereocenters. The van der Waals surface area contributed by atoms with Crippen molar-refractivity contribution >= 4 is 17.4 Å². The van der Waals surface area contributed by atoms with Crippen LogP contribution in [0.25, 0.3) is 0 Å². The highest BCUT2D eigenvalue weighted by Gasteiger charge is 2.26. The fraction of sp³-hybridized carbons (Fsp3) is 0.571. The normalized spacial score (nSPS) is 19.5. The number of pyridine rings is 1. The Labute approximate surface area is 118 Å². The molecule has 0 bridgehead atoms. The van der Waals surface area contributed by atoms with E-state index in [2.05, 4.69) is 29.8 Å². The number of ether oxygens (including phenoxy) is 1. The van der Waals surface area contributed by atoms with Gasteiger partial charge in [-0.2, -0.15) is 5.26 Å². The molecule has 0 aromatic carbocycles. The number of hydrogen-bond donors (Lipinski definition) is 0. The number of morpholine rings is 1. The van der Waals surface area contributed by atoms with Gasteiger partial charge in [-0.25, -0.2) is 4.98 Å². The Kier molecular flexibility index (Phi) is 4.62. The van der Waals surface area contributed by atoms with E-state index in [9.17, 15) is 0 Å². The van der Waals surface area contributed by atoms with E-state index in [0.717, 1.165) is 18.8 Å². The Morgan fingerprint density at radius 3 is 3.05 bits per heavy atom. The van der Waals surface area contributed by atoms with Crippen molar-refractivity contribution in [3.05, 3.63) is 22.8 Å². The molecule has 5 heteroatoms. The standard InChI is InChI=1S/C14H18ClN3O/c1-10(2)5-12-9-19-4-3-18(12)14-13(15)6-11(7-16)8-17-14/h6,8,10,12H,3-5,9H2,1-2H3/t12-/m1/s1. The summed E-state index contributed by atoms with van der Waals surface area (Å²) in [6.07, 6.45) is 2.61. The largest absolute Gasteiger partial charge is 0.377 e. The molecule has 102 valence electrons. The predicted molar refractivity (Wildman–Crippen MR) is 75.4 cm³/mol. The minimum absolute atomic E-state index is 0.298. The fourth-order valence-corrected chi connectivity index (χ4v) is 2.65. The van der Waals surface area contributed by atoms with Crippen LogP contribution in [0.3, 0.4) is 0 Å². The quantitative estimate of drug-likeness (QED) is 0.854. The second-order valence-electron chi connectivity index (χ2n) is 5.19. The van der Waals surface area contributed by atoms with E-state index in [1.807, 2.05) is 0 Å². The molecule has 4 nitrogen and oxygen atoms in total.